The third-order valence-corrected chi connectivity index (χ3v) is 2.20. The van der Waals surface area contributed by atoms with E-state index in [9.17, 15) is 0 Å². The molecule has 1 aliphatic rings. The van der Waals surface area contributed by atoms with Crippen LogP contribution in [0.2, 0.25) is 0 Å². The third kappa shape index (κ3) is 1.50. The van der Waals surface area contributed by atoms with Crippen LogP contribution in [0.1, 0.15) is 20.8 Å². The van der Waals surface area contributed by atoms with Crippen LogP contribution >= 0.6 is 0 Å². The topological polar surface area (TPSA) is 29.3 Å². The Balaban J connectivity index is 2.24. The van der Waals surface area contributed by atoms with Gasteiger partial charge in [-0.1, -0.05) is 20.8 Å². The van der Waals surface area contributed by atoms with Crippen molar-refractivity contribution in [3.8, 4) is 0 Å². The van der Waals surface area contributed by atoms with Gasteiger partial charge in [-0.2, -0.15) is 0 Å². The highest BCUT2D eigenvalue weighted by Gasteiger charge is 2.28. The summed E-state index contributed by atoms with van der Waals surface area (Å²) < 4.78 is 0. The second-order valence-electron chi connectivity index (χ2n) is 3.79. The Labute approximate surface area is 63.4 Å². The molecular formula is C8H18N2. The van der Waals surface area contributed by atoms with Crippen LogP contribution in [0.15, 0.2) is 0 Å². The van der Waals surface area contributed by atoms with E-state index in [-0.39, 0.29) is 6.17 Å². The fourth-order valence-electron chi connectivity index (χ4n) is 1.41. The summed E-state index contributed by atoms with van der Waals surface area (Å²) >= 11 is 0. The molecule has 0 aliphatic carbocycles. The van der Waals surface area contributed by atoms with Gasteiger partial charge in [0.1, 0.15) is 0 Å². The Bertz CT molecular complexity index is 106. The summed E-state index contributed by atoms with van der Waals surface area (Å²) in [6, 6.07) is 0. The smallest absolute Gasteiger partial charge is 0.0595 e. The lowest BCUT2D eigenvalue weighted by Gasteiger charge is -2.42. The fraction of sp³-hybridized carbons (Fsp3) is 1.00. The Morgan fingerprint density at radius 2 is 1.90 bits per heavy atom. The highest BCUT2D eigenvalue weighted by molar-refractivity contribution is 4.81. The Hall–Kier alpha value is -0.0800. The molecule has 1 rings (SSSR count). The first-order valence-electron chi connectivity index (χ1n) is 4.11. The number of hydrogen-bond donors (Lipinski definition) is 1. The number of likely N-dealkylation sites (tertiary alicyclic amines) is 1. The molecule has 0 spiro atoms. The second kappa shape index (κ2) is 2.89. The quantitative estimate of drug-likeness (QED) is 0.620. The molecular weight excluding hydrogens is 124 g/mol. The van der Waals surface area contributed by atoms with E-state index in [0.717, 1.165) is 5.92 Å². The molecule has 0 radical (unpaired) electrons. The molecule has 0 aromatic rings. The van der Waals surface area contributed by atoms with E-state index in [1.165, 1.54) is 13.1 Å². The average molecular weight is 142 g/mol. The van der Waals surface area contributed by atoms with Gasteiger partial charge in [0.2, 0.25) is 0 Å². The molecule has 0 bridgehead atoms. The van der Waals surface area contributed by atoms with Crippen LogP contribution in [0.3, 0.4) is 0 Å². The molecule has 0 aromatic carbocycles. The number of nitrogens with two attached hydrogens (primary N) is 1. The summed E-state index contributed by atoms with van der Waals surface area (Å²) in [6.45, 7) is 9.00. The van der Waals surface area contributed by atoms with Crippen molar-refractivity contribution in [1.29, 1.82) is 0 Å². The molecule has 1 fully saturated rings. The van der Waals surface area contributed by atoms with Crippen molar-refractivity contribution < 1.29 is 0 Å². The Kier molecular flexibility index (Phi) is 2.32. The normalized spacial score (nSPS) is 24.9. The Morgan fingerprint density at radius 1 is 1.40 bits per heavy atom. The highest BCUT2D eigenvalue weighted by atomic mass is 15.3. The third-order valence-electron chi connectivity index (χ3n) is 2.20. The van der Waals surface area contributed by atoms with Gasteiger partial charge in [0, 0.05) is 13.1 Å². The Morgan fingerprint density at radius 3 is 2.20 bits per heavy atom. The molecule has 2 nitrogen and oxygen atoms in total. The maximum atomic E-state index is 5.91. The molecule has 10 heavy (non-hydrogen) atoms. The maximum Gasteiger partial charge on any atom is 0.0595 e. The lowest BCUT2D eigenvalue weighted by atomic mass is 9.99. The van der Waals surface area contributed by atoms with Gasteiger partial charge in [0.25, 0.3) is 0 Å². The average Bonchev–Trinajstić information content (AvgIpc) is 1.79. The van der Waals surface area contributed by atoms with Gasteiger partial charge in [-0.3, -0.25) is 4.90 Å². The van der Waals surface area contributed by atoms with E-state index in [1.807, 2.05) is 0 Å². The van der Waals surface area contributed by atoms with Gasteiger partial charge < -0.3 is 5.73 Å². The van der Waals surface area contributed by atoms with E-state index in [4.69, 9.17) is 5.73 Å². The van der Waals surface area contributed by atoms with Gasteiger partial charge in [0.05, 0.1) is 6.17 Å². The molecule has 2 N–H and O–H groups in total. The van der Waals surface area contributed by atoms with E-state index >= 15 is 0 Å². The number of hydrogen-bond acceptors (Lipinski definition) is 2. The maximum absolute atomic E-state index is 5.91. The predicted molar refractivity (Wildman–Crippen MR) is 43.6 cm³/mol. The number of rotatable bonds is 2. The molecule has 0 aromatic heterocycles. The summed E-state index contributed by atoms with van der Waals surface area (Å²) in [5.41, 5.74) is 5.91. The SMILES string of the molecule is CC1CN(C(N)C(C)C)C1. The molecule has 0 amide bonds. The van der Waals surface area contributed by atoms with Crippen LogP contribution in [0.5, 0.6) is 0 Å². The first kappa shape index (κ1) is 8.02. The molecule has 1 aliphatic heterocycles. The summed E-state index contributed by atoms with van der Waals surface area (Å²) in [7, 11) is 0. The standard InChI is InChI=1S/C8H18N2/c1-6(2)8(9)10-4-7(3)5-10/h6-8H,4-5,9H2,1-3H3. The lowest BCUT2D eigenvalue weighted by Crippen LogP contribution is -2.56. The zero-order valence-electron chi connectivity index (χ0n) is 7.17. The molecule has 2 heteroatoms. The highest BCUT2D eigenvalue weighted by Crippen LogP contribution is 2.18. The van der Waals surface area contributed by atoms with Crippen LogP contribution in [0.4, 0.5) is 0 Å². The largest absolute Gasteiger partial charge is 0.316 e. The van der Waals surface area contributed by atoms with Crippen LogP contribution in [-0.2, 0) is 0 Å². The molecule has 1 heterocycles. The van der Waals surface area contributed by atoms with Gasteiger partial charge in [-0.15, -0.1) is 0 Å². The first-order valence-corrected chi connectivity index (χ1v) is 4.11. The van der Waals surface area contributed by atoms with Crippen molar-refractivity contribution in [2.45, 2.75) is 26.9 Å². The summed E-state index contributed by atoms with van der Waals surface area (Å²) in [6.07, 6.45) is 0.288. The van der Waals surface area contributed by atoms with Gasteiger partial charge in [0.15, 0.2) is 0 Å². The summed E-state index contributed by atoms with van der Waals surface area (Å²) in [4.78, 5) is 2.34. The molecule has 0 saturated carbocycles. The van der Waals surface area contributed by atoms with E-state index in [2.05, 4.69) is 25.7 Å². The minimum absolute atomic E-state index is 0.288. The van der Waals surface area contributed by atoms with Crippen LogP contribution < -0.4 is 5.73 Å². The minimum atomic E-state index is 0.288. The van der Waals surface area contributed by atoms with Gasteiger partial charge in [-0.25, -0.2) is 0 Å². The van der Waals surface area contributed by atoms with Crippen LogP contribution in [0.25, 0.3) is 0 Å². The summed E-state index contributed by atoms with van der Waals surface area (Å²) in [5, 5.41) is 0. The monoisotopic (exact) mass is 142 g/mol. The van der Waals surface area contributed by atoms with E-state index in [0.29, 0.717) is 5.92 Å². The second-order valence-corrected chi connectivity index (χ2v) is 3.79. The van der Waals surface area contributed by atoms with Crippen molar-refractivity contribution in [2.24, 2.45) is 17.6 Å². The van der Waals surface area contributed by atoms with Crippen LogP contribution in [-0.4, -0.2) is 24.2 Å². The van der Waals surface area contributed by atoms with Crippen molar-refractivity contribution in [2.75, 3.05) is 13.1 Å². The predicted octanol–water partition coefficient (Wildman–Crippen LogP) is 0.879. The molecule has 1 saturated heterocycles. The van der Waals surface area contributed by atoms with Crippen LogP contribution in [0, 0.1) is 11.8 Å². The lowest BCUT2D eigenvalue weighted by molar-refractivity contribution is 0.0432. The number of nitrogens with zero attached hydrogens (tertiary/aromatic N) is 1. The van der Waals surface area contributed by atoms with Gasteiger partial charge >= 0.3 is 0 Å². The van der Waals surface area contributed by atoms with E-state index < -0.39 is 0 Å². The van der Waals surface area contributed by atoms with Crippen molar-refractivity contribution in [3.05, 3.63) is 0 Å². The van der Waals surface area contributed by atoms with Crippen molar-refractivity contribution in [3.63, 3.8) is 0 Å². The zero-order chi connectivity index (χ0) is 7.72. The minimum Gasteiger partial charge on any atom is -0.316 e. The van der Waals surface area contributed by atoms with Crippen molar-refractivity contribution >= 4 is 0 Å². The van der Waals surface area contributed by atoms with Gasteiger partial charge in [-0.05, 0) is 11.8 Å². The van der Waals surface area contributed by atoms with E-state index in [1.54, 1.807) is 0 Å². The molecule has 1 unspecified atom stereocenters. The molecule has 60 valence electrons. The summed E-state index contributed by atoms with van der Waals surface area (Å²) in [5.74, 6) is 1.46. The van der Waals surface area contributed by atoms with Crippen molar-refractivity contribution in [1.82, 2.24) is 4.90 Å². The first-order chi connectivity index (χ1) is 4.61. The fourth-order valence-corrected chi connectivity index (χ4v) is 1.41. The zero-order valence-corrected chi connectivity index (χ0v) is 7.17. The molecule has 1 atom stereocenters.